The number of thiazole rings is 1. The van der Waals surface area contributed by atoms with Crippen molar-refractivity contribution >= 4 is 68.9 Å². The van der Waals surface area contributed by atoms with Gasteiger partial charge in [0.15, 0.2) is 10.9 Å². The van der Waals surface area contributed by atoms with E-state index in [1.165, 1.54) is 29.4 Å². The Balaban J connectivity index is 1.35. The van der Waals surface area contributed by atoms with E-state index < -0.39 is 5.25 Å². The number of halogens is 2. The Kier molecular flexibility index (Phi) is 8.14. The largest absolute Gasteiger partial charge is 0.459 e. The molecule has 5 aromatic rings. The summed E-state index contributed by atoms with van der Waals surface area (Å²) in [6.45, 7) is 0. The van der Waals surface area contributed by atoms with E-state index in [0.29, 0.717) is 26.6 Å². The summed E-state index contributed by atoms with van der Waals surface area (Å²) < 4.78 is 5.16. The van der Waals surface area contributed by atoms with E-state index in [4.69, 9.17) is 27.6 Å². The van der Waals surface area contributed by atoms with Crippen LogP contribution in [0.25, 0.3) is 11.3 Å². The minimum atomic E-state index is -0.571. The summed E-state index contributed by atoms with van der Waals surface area (Å²) in [5.41, 5.74) is 2.80. The van der Waals surface area contributed by atoms with E-state index >= 15 is 0 Å². The molecular formula is C28H19Cl2N3O3S2. The number of carbonyl (C=O) groups is 2. The number of hydrogen-bond donors (Lipinski definition) is 2. The Labute approximate surface area is 237 Å². The van der Waals surface area contributed by atoms with Gasteiger partial charge in [0.25, 0.3) is 5.91 Å². The molecule has 3 aromatic carbocycles. The van der Waals surface area contributed by atoms with Crippen LogP contribution >= 0.6 is 46.3 Å². The second kappa shape index (κ2) is 11.9. The van der Waals surface area contributed by atoms with Crippen LogP contribution in [0.2, 0.25) is 10.0 Å². The van der Waals surface area contributed by atoms with Gasteiger partial charge in [0.1, 0.15) is 5.25 Å². The third-order valence-electron chi connectivity index (χ3n) is 5.37. The summed E-state index contributed by atoms with van der Waals surface area (Å²) in [5.74, 6) is -0.364. The van der Waals surface area contributed by atoms with Crippen molar-refractivity contribution in [1.82, 2.24) is 4.98 Å². The number of nitrogens with zero attached hydrogens (tertiary/aromatic N) is 1. The van der Waals surface area contributed by atoms with Gasteiger partial charge in [0, 0.05) is 26.5 Å². The molecule has 0 saturated heterocycles. The third kappa shape index (κ3) is 6.28. The molecule has 2 amide bonds. The number of anilines is 2. The SMILES string of the molecule is O=C(Nc1cccc(SC(C(=O)Nc2nc(-c3ccc(Cl)cc3Cl)cs2)c2ccccc2)c1)c1ccco1. The molecule has 2 N–H and O–H groups in total. The number of benzene rings is 3. The van der Waals surface area contributed by atoms with Crippen molar-refractivity contribution in [2.75, 3.05) is 10.6 Å². The third-order valence-corrected chi connectivity index (χ3v) is 7.93. The minimum absolute atomic E-state index is 0.215. The molecule has 2 aromatic heterocycles. The van der Waals surface area contributed by atoms with Crippen LogP contribution in [-0.4, -0.2) is 16.8 Å². The first kappa shape index (κ1) is 26.1. The van der Waals surface area contributed by atoms with Gasteiger partial charge in [0.2, 0.25) is 5.91 Å². The van der Waals surface area contributed by atoms with Crippen LogP contribution in [0.4, 0.5) is 10.8 Å². The van der Waals surface area contributed by atoms with Gasteiger partial charge < -0.3 is 15.1 Å². The molecule has 1 unspecified atom stereocenters. The van der Waals surface area contributed by atoms with Gasteiger partial charge in [-0.05, 0) is 54.1 Å². The average molecular weight is 581 g/mol. The zero-order chi connectivity index (χ0) is 26.5. The lowest BCUT2D eigenvalue weighted by molar-refractivity contribution is -0.115. The second-order valence-corrected chi connectivity index (χ2v) is 10.9. The molecule has 0 bridgehead atoms. The molecule has 0 radical (unpaired) electrons. The standard InChI is InChI=1S/C28H19Cl2N3O3S2/c29-18-11-12-21(22(30)14-18)23-16-37-28(32-23)33-27(35)25(17-6-2-1-3-7-17)38-20-9-4-8-19(15-20)31-26(34)24-10-5-13-36-24/h1-16,25H,(H,31,34)(H,32,33,35). The van der Waals surface area contributed by atoms with Gasteiger partial charge in [0.05, 0.1) is 17.0 Å². The van der Waals surface area contributed by atoms with Crippen LogP contribution in [0.3, 0.4) is 0 Å². The molecule has 1 atom stereocenters. The maximum Gasteiger partial charge on any atom is 0.291 e. The molecule has 2 heterocycles. The predicted molar refractivity (Wildman–Crippen MR) is 154 cm³/mol. The number of nitrogens with one attached hydrogen (secondary N) is 2. The number of carbonyl (C=O) groups excluding carboxylic acids is 2. The normalized spacial score (nSPS) is 11.6. The van der Waals surface area contributed by atoms with Gasteiger partial charge in [-0.25, -0.2) is 4.98 Å². The molecule has 0 saturated carbocycles. The topological polar surface area (TPSA) is 84.2 Å². The van der Waals surface area contributed by atoms with Crippen molar-refractivity contribution < 1.29 is 14.0 Å². The number of aromatic nitrogens is 1. The maximum atomic E-state index is 13.5. The summed E-state index contributed by atoms with van der Waals surface area (Å²) in [4.78, 5) is 31.3. The fourth-order valence-electron chi connectivity index (χ4n) is 3.61. The quantitative estimate of drug-likeness (QED) is 0.180. The lowest BCUT2D eigenvalue weighted by Gasteiger charge is -2.17. The Morgan fingerprint density at radius 2 is 1.76 bits per heavy atom. The van der Waals surface area contributed by atoms with Crippen LogP contribution in [0, 0.1) is 0 Å². The Morgan fingerprint density at radius 3 is 2.53 bits per heavy atom. The average Bonchev–Trinajstić information content (AvgIpc) is 3.61. The highest BCUT2D eigenvalue weighted by molar-refractivity contribution is 8.00. The molecule has 0 fully saturated rings. The minimum Gasteiger partial charge on any atom is -0.459 e. The Hall–Kier alpha value is -3.56. The van der Waals surface area contributed by atoms with E-state index in [0.717, 1.165) is 16.0 Å². The lowest BCUT2D eigenvalue weighted by Crippen LogP contribution is -2.19. The number of furan rings is 1. The van der Waals surface area contributed by atoms with E-state index in [1.807, 2.05) is 53.9 Å². The van der Waals surface area contributed by atoms with Gasteiger partial charge in [-0.2, -0.15) is 0 Å². The van der Waals surface area contributed by atoms with Crippen LogP contribution in [0.1, 0.15) is 21.4 Å². The predicted octanol–water partition coefficient (Wildman–Crippen LogP) is 8.43. The van der Waals surface area contributed by atoms with Gasteiger partial charge in [-0.3, -0.25) is 9.59 Å². The summed E-state index contributed by atoms with van der Waals surface area (Å²) in [6.07, 6.45) is 1.44. The molecule has 10 heteroatoms. The molecule has 0 aliphatic carbocycles. The number of rotatable bonds is 8. The summed E-state index contributed by atoms with van der Waals surface area (Å²) in [6, 6.07) is 25.2. The highest BCUT2D eigenvalue weighted by atomic mass is 35.5. The van der Waals surface area contributed by atoms with Crippen LogP contribution in [0.5, 0.6) is 0 Å². The van der Waals surface area contributed by atoms with Gasteiger partial charge in [-0.15, -0.1) is 23.1 Å². The number of thioether (sulfide) groups is 1. The second-order valence-electron chi connectivity index (χ2n) is 8.02. The zero-order valence-electron chi connectivity index (χ0n) is 19.6. The van der Waals surface area contributed by atoms with Gasteiger partial charge >= 0.3 is 0 Å². The first-order chi connectivity index (χ1) is 18.5. The molecule has 0 aliphatic heterocycles. The van der Waals surface area contributed by atoms with Crippen molar-refractivity contribution in [1.29, 1.82) is 0 Å². The summed E-state index contributed by atoms with van der Waals surface area (Å²) >= 11 is 15.0. The van der Waals surface area contributed by atoms with Crippen LogP contribution in [0.15, 0.2) is 106 Å². The van der Waals surface area contributed by atoms with Crippen molar-refractivity contribution in [3.05, 3.63) is 118 Å². The molecule has 0 spiro atoms. The molecule has 5 rings (SSSR count). The van der Waals surface area contributed by atoms with Gasteiger partial charge in [-0.1, -0.05) is 59.6 Å². The first-order valence-electron chi connectivity index (χ1n) is 11.3. The fourth-order valence-corrected chi connectivity index (χ4v) is 5.91. The smallest absolute Gasteiger partial charge is 0.291 e. The van der Waals surface area contributed by atoms with E-state index in [1.54, 1.807) is 36.4 Å². The summed E-state index contributed by atoms with van der Waals surface area (Å²) in [7, 11) is 0. The molecule has 38 heavy (non-hydrogen) atoms. The lowest BCUT2D eigenvalue weighted by atomic mass is 10.1. The van der Waals surface area contributed by atoms with Crippen molar-refractivity contribution in [3.63, 3.8) is 0 Å². The fraction of sp³-hybridized carbons (Fsp3) is 0.0357. The maximum absolute atomic E-state index is 13.5. The number of hydrogen-bond acceptors (Lipinski definition) is 6. The molecule has 190 valence electrons. The van der Waals surface area contributed by atoms with Crippen LogP contribution in [-0.2, 0) is 4.79 Å². The van der Waals surface area contributed by atoms with E-state index in [9.17, 15) is 9.59 Å². The highest BCUT2D eigenvalue weighted by Gasteiger charge is 2.24. The van der Waals surface area contributed by atoms with Crippen LogP contribution < -0.4 is 10.6 Å². The van der Waals surface area contributed by atoms with Crippen molar-refractivity contribution in [2.45, 2.75) is 10.1 Å². The highest BCUT2D eigenvalue weighted by Crippen LogP contribution is 2.38. The molecule has 6 nitrogen and oxygen atoms in total. The van der Waals surface area contributed by atoms with Crippen molar-refractivity contribution in [3.8, 4) is 11.3 Å². The number of amides is 2. The monoisotopic (exact) mass is 579 g/mol. The Bertz CT molecular complexity index is 1570. The zero-order valence-corrected chi connectivity index (χ0v) is 22.7. The van der Waals surface area contributed by atoms with E-state index in [-0.39, 0.29) is 17.6 Å². The first-order valence-corrected chi connectivity index (χ1v) is 13.9. The summed E-state index contributed by atoms with van der Waals surface area (Å²) in [5, 5.41) is 8.50. The molecule has 0 aliphatic rings. The van der Waals surface area contributed by atoms with E-state index in [2.05, 4.69) is 15.6 Å². The van der Waals surface area contributed by atoms with Crippen molar-refractivity contribution in [2.24, 2.45) is 0 Å². The Morgan fingerprint density at radius 1 is 0.921 bits per heavy atom. The molecular weight excluding hydrogens is 561 g/mol.